The van der Waals surface area contributed by atoms with Crippen molar-refractivity contribution >= 4 is 11.7 Å². The lowest BCUT2D eigenvalue weighted by atomic mass is 9.93. The van der Waals surface area contributed by atoms with Gasteiger partial charge in [0.15, 0.2) is 0 Å². The van der Waals surface area contributed by atoms with Crippen molar-refractivity contribution in [2.45, 2.75) is 19.8 Å². The molecule has 1 unspecified atom stereocenters. The molecule has 1 aliphatic heterocycles. The number of halogens is 1. The van der Waals surface area contributed by atoms with E-state index in [1.165, 1.54) is 12.1 Å². The third-order valence-electron chi connectivity index (χ3n) is 3.41. The predicted octanol–water partition coefficient (Wildman–Crippen LogP) is 2.27. The second kappa shape index (κ2) is 5.29. The van der Waals surface area contributed by atoms with E-state index in [1.807, 2.05) is 6.92 Å². The summed E-state index contributed by atoms with van der Waals surface area (Å²) < 4.78 is 13.5. The average Bonchev–Trinajstić information content (AvgIpc) is 2.39. The zero-order valence-corrected chi connectivity index (χ0v) is 10.4. The first-order chi connectivity index (χ1) is 8.63. The fourth-order valence-electron chi connectivity index (χ4n) is 2.25. The zero-order valence-electron chi connectivity index (χ0n) is 10.4. The first-order valence-electron chi connectivity index (χ1n) is 6.20. The summed E-state index contributed by atoms with van der Waals surface area (Å²) in [5.41, 5.74) is 0.0849. The van der Waals surface area contributed by atoms with Crippen molar-refractivity contribution < 1.29 is 14.0 Å². The number of Topliss-reactive ketones (excluding diaryl/α,β-unsaturated/α-hetero) is 1. The molecule has 1 fully saturated rings. The third-order valence-corrected chi connectivity index (χ3v) is 3.41. The van der Waals surface area contributed by atoms with Gasteiger partial charge in [-0.1, -0.05) is 19.1 Å². The maximum atomic E-state index is 13.5. The molecule has 96 valence electrons. The van der Waals surface area contributed by atoms with Gasteiger partial charge in [0.25, 0.3) is 5.91 Å². The molecule has 0 saturated carbocycles. The highest BCUT2D eigenvalue weighted by Crippen LogP contribution is 2.19. The summed E-state index contributed by atoms with van der Waals surface area (Å²) in [6.07, 6.45) is 1.10. The summed E-state index contributed by atoms with van der Waals surface area (Å²) in [5, 5.41) is 0. The second-order valence-corrected chi connectivity index (χ2v) is 4.55. The van der Waals surface area contributed by atoms with Crippen LogP contribution >= 0.6 is 0 Å². The van der Waals surface area contributed by atoms with Gasteiger partial charge >= 0.3 is 0 Å². The van der Waals surface area contributed by atoms with E-state index in [1.54, 1.807) is 17.0 Å². The van der Waals surface area contributed by atoms with Crippen LogP contribution in [0.1, 0.15) is 30.1 Å². The number of rotatable bonds is 2. The topological polar surface area (TPSA) is 37.4 Å². The molecule has 0 aliphatic carbocycles. The Bertz CT molecular complexity index is 473. The van der Waals surface area contributed by atoms with Gasteiger partial charge in [-0.05, 0) is 18.6 Å². The van der Waals surface area contributed by atoms with Crippen molar-refractivity contribution in [2.75, 3.05) is 13.1 Å². The molecular formula is C14H16FNO2. The van der Waals surface area contributed by atoms with E-state index in [2.05, 4.69) is 0 Å². The van der Waals surface area contributed by atoms with Gasteiger partial charge in [0.05, 0.1) is 5.56 Å². The number of carbonyl (C=O) groups is 2. The second-order valence-electron chi connectivity index (χ2n) is 4.55. The Morgan fingerprint density at radius 2 is 2.17 bits per heavy atom. The van der Waals surface area contributed by atoms with Crippen molar-refractivity contribution in [3.8, 4) is 0 Å². The summed E-state index contributed by atoms with van der Waals surface area (Å²) in [5.74, 6) is -0.726. The zero-order chi connectivity index (χ0) is 13.1. The molecule has 1 saturated heterocycles. The van der Waals surface area contributed by atoms with Crippen molar-refractivity contribution in [3.05, 3.63) is 35.6 Å². The van der Waals surface area contributed by atoms with E-state index >= 15 is 0 Å². The van der Waals surface area contributed by atoms with Gasteiger partial charge in [-0.3, -0.25) is 9.59 Å². The molecule has 0 N–H and O–H groups in total. The molecule has 0 aromatic heterocycles. The molecule has 3 nitrogen and oxygen atoms in total. The lowest BCUT2D eigenvalue weighted by Gasteiger charge is -2.31. The number of likely N-dealkylation sites (tertiary alicyclic amines) is 1. The highest BCUT2D eigenvalue weighted by molar-refractivity contribution is 5.96. The van der Waals surface area contributed by atoms with Crippen LogP contribution in [-0.2, 0) is 4.79 Å². The van der Waals surface area contributed by atoms with Gasteiger partial charge in [-0.2, -0.15) is 0 Å². The van der Waals surface area contributed by atoms with Crippen LogP contribution in [0.4, 0.5) is 4.39 Å². The Balaban J connectivity index is 2.15. The van der Waals surface area contributed by atoms with E-state index in [4.69, 9.17) is 0 Å². The SMILES string of the molecule is CCC1CN(C(=O)c2ccccc2F)CCC1=O. The van der Waals surface area contributed by atoms with E-state index in [-0.39, 0.29) is 23.2 Å². The first kappa shape index (κ1) is 12.7. The molecule has 0 radical (unpaired) electrons. The van der Waals surface area contributed by atoms with Gasteiger partial charge in [0.1, 0.15) is 11.6 Å². The van der Waals surface area contributed by atoms with Gasteiger partial charge < -0.3 is 4.90 Å². The Kier molecular flexibility index (Phi) is 3.75. The molecule has 4 heteroatoms. The van der Waals surface area contributed by atoms with Gasteiger partial charge in [0.2, 0.25) is 0 Å². The molecular weight excluding hydrogens is 233 g/mol. The Labute approximate surface area is 106 Å². The monoisotopic (exact) mass is 249 g/mol. The van der Waals surface area contributed by atoms with Crippen LogP contribution in [0.25, 0.3) is 0 Å². The molecule has 1 amide bonds. The van der Waals surface area contributed by atoms with E-state index in [0.29, 0.717) is 19.5 Å². The molecule has 18 heavy (non-hydrogen) atoms. The highest BCUT2D eigenvalue weighted by Gasteiger charge is 2.29. The highest BCUT2D eigenvalue weighted by atomic mass is 19.1. The minimum atomic E-state index is -0.507. The first-order valence-corrected chi connectivity index (χ1v) is 6.20. The van der Waals surface area contributed by atoms with Crippen molar-refractivity contribution in [1.29, 1.82) is 0 Å². The summed E-state index contributed by atoms with van der Waals surface area (Å²) in [4.78, 5) is 25.3. The fraction of sp³-hybridized carbons (Fsp3) is 0.429. The van der Waals surface area contributed by atoms with Crippen LogP contribution < -0.4 is 0 Å². The quantitative estimate of drug-likeness (QED) is 0.806. The minimum Gasteiger partial charge on any atom is -0.337 e. The number of carbonyl (C=O) groups excluding carboxylic acids is 2. The number of piperidine rings is 1. The van der Waals surface area contributed by atoms with Crippen LogP contribution in [-0.4, -0.2) is 29.7 Å². The fourth-order valence-corrected chi connectivity index (χ4v) is 2.25. The molecule has 1 atom stereocenters. The molecule has 1 aromatic carbocycles. The van der Waals surface area contributed by atoms with Crippen LogP contribution in [0.3, 0.4) is 0 Å². The Morgan fingerprint density at radius 1 is 1.44 bits per heavy atom. The predicted molar refractivity (Wildman–Crippen MR) is 65.7 cm³/mol. The average molecular weight is 249 g/mol. The normalized spacial score (nSPS) is 20.0. The standard InChI is InChI=1S/C14H16FNO2/c1-2-10-9-16(8-7-13(10)17)14(18)11-5-3-4-6-12(11)15/h3-6,10H,2,7-9H2,1H3. The Hall–Kier alpha value is -1.71. The number of hydrogen-bond donors (Lipinski definition) is 0. The molecule has 1 aliphatic rings. The van der Waals surface area contributed by atoms with Crippen molar-refractivity contribution in [2.24, 2.45) is 5.92 Å². The molecule has 1 heterocycles. The van der Waals surface area contributed by atoms with E-state index in [9.17, 15) is 14.0 Å². The largest absolute Gasteiger partial charge is 0.337 e. The van der Waals surface area contributed by atoms with E-state index < -0.39 is 5.82 Å². The van der Waals surface area contributed by atoms with Gasteiger partial charge in [-0.15, -0.1) is 0 Å². The van der Waals surface area contributed by atoms with Gasteiger partial charge in [-0.25, -0.2) is 4.39 Å². The third kappa shape index (κ3) is 2.42. The lowest BCUT2D eigenvalue weighted by Crippen LogP contribution is -2.44. The molecule has 1 aromatic rings. The number of nitrogens with zero attached hydrogens (tertiary/aromatic N) is 1. The summed E-state index contributed by atoms with van der Waals surface area (Å²) >= 11 is 0. The number of hydrogen-bond acceptors (Lipinski definition) is 2. The van der Waals surface area contributed by atoms with Crippen molar-refractivity contribution in [3.63, 3.8) is 0 Å². The van der Waals surface area contributed by atoms with Crippen molar-refractivity contribution in [1.82, 2.24) is 4.90 Å². The van der Waals surface area contributed by atoms with Crippen LogP contribution in [0.2, 0.25) is 0 Å². The van der Waals surface area contributed by atoms with E-state index in [0.717, 1.165) is 6.42 Å². The maximum absolute atomic E-state index is 13.5. The number of benzene rings is 1. The number of ketones is 1. The molecule has 2 rings (SSSR count). The Morgan fingerprint density at radius 3 is 2.83 bits per heavy atom. The molecule has 0 bridgehead atoms. The maximum Gasteiger partial charge on any atom is 0.256 e. The number of amides is 1. The molecule has 0 spiro atoms. The van der Waals surface area contributed by atoms with Gasteiger partial charge in [0, 0.05) is 25.4 Å². The summed E-state index contributed by atoms with van der Waals surface area (Å²) in [6, 6.07) is 5.96. The summed E-state index contributed by atoms with van der Waals surface area (Å²) in [7, 11) is 0. The lowest BCUT2D eigenvalue weighted by molar-refractivity contribution is -0.125. The van der Waals surface area contributed by atoms with Crippen LogP contribution in [0.15, 0.2) is 24.3 Å². The van der Waals surface area contributed by atoms with Crippen LogP contribution in [0.5, 0.6) is 0 Å². The minimum absolute atomic E-state index is 0.0849. The van der Waals surface area contributed by atoms with Crippen LogP contribution in [0, 0.1) is 11.7 Å². The summed E-state index contributed by atoms with van der Waals surface area (Å²) in [6.45, 7) is 2.73. The smallest absolute Gasteiger partial charge is 0.256 e.